The van der Waals surface area contributed by atoms with Gasteiger partial charge in [0, 0.05) is 11.3 Å². The number of amides is 1. The lowest BCUT2D eigenvalue weighted by atomic mass is 10.1. The number of ether oxygens (including phenoxy) is 3. The van der Waals surface area contributed by atoms with E-state index in [1.807, 2.05) is 31.2 Å². The van der Waals surface area contributed by atoms with Crippen molar-refractivity contribution in [1.29, 1.82) is 0 Å². The molecule has 6 nitrogen and oxygen atoms in total. The van der Waals surface area contributed by atoms with E-state index < -0.39 is 0 Å². The highest BCUT2D eigenvalue weighted by Crippen LogP contribution is 2.28. The maximum Gasteiger partial charge on any atom is 0.262 e. The number of hydrogen-bond acceptors (Lipinski definition) is 5. The van der Waals surface area contributed by atoms with Gasteiger partial charge in [-0.2, -0.15) is 0 Å². The van der Waals surface area contributed by atoms with Gasteiger partial charge in [-0.15, -0.1) is 0 Å². The molecule has 164 valence electrons. The summed E-state index contributed by atoms with van der Waals surface area (Å²) in [5.74, 6) is 1.20. The van der Waals surface area contributed by atoms with Crippen LogP contribution in [0, 0.1) is 6.92 Å². The van der Waals surface area contributed by atoms with Crippen LogP contribution in [-0.2, 0) is 4.79 Å². The summed E-state index contributed by atoms with van der Waals surface area (Å²) in [7, 11) is 3.10. The molecule has 0 atom stereocenters. The van der Waals surface area contributed by atoms with Gasteiger partial charge < -0.3 is 19.5 Å². The lowest BCUT2D eigenvalue weighted by molar-refractivity contribution is -0.118. The number of nitrogens with one attached hydrogen (secondary N) is 1. The van der Waals surface area contributed by atoms with E-state index in [9.17, 15) is 9.59 Å². The van der Waals surface area contributed by atoms with Crippen LogP contribution in [0.3, 0.4) is 0 Å². The Kier molecular flexibility index (Phi) is 7.65. The first kappa shape index (κ1) is 22.6. The number of hydrogen-bond donors (Lipinski definition) is 1. The number of ketones is 1. The van der Waals surface area contributed by atoms with Crippen LogP contribution in [0.25, 0.3) is 6.08 Å². The normalized spacial score (nSPS) is 10.6. The number of anilines is 1. The average Bonchev–Trinajstić information content (AvgIpc) is 2.83. The molecular weight excluding hydrogens is 406 g/mol. The van der Waals surface area contributed by atoms with Crippen molar-refractivity contribution in [2.75, 3.05) is 26.1 Å². The SMILES string of the molecule is COc1ccc(C(=O)/C=C/c2ccc(OCC(=O)Nc3ccccc3C)c(OC)c2)cc1. The summed E-state index contributed by atoms with van der Waals surface area (Å²) in [4.78, 5) is 24.6. The van der Waals surface area contributed by atoms with Gasteiger partial charge in [0.15, 0.2) is 23.9 Å². The van der Waals surface area contributed by atoms with Gasteiger partial charge in [-0.3, -0.25) is 9.59 Å². The number of carbonyl (C=O) groups is 2. The van der Waals surface area contributed by atoms with E-state index in [1.54, 1.807) is 55.7 Å². The second-order valence-electron chi connectivity index (χ2n) is 6.99. The van der Waals surface area contributed by atoms with Gasteiger partial charge in [-0.1, -0.05) is 30.3 Å². The fourth-order valence-electron chi connectivity index (χ4n) is 2.97. The molecule has 0 aromatic heterocycles. The van der Waals surface area contributed by atoms with Gasteiger partial charge in [-0.25, -0.2) is 0 Å². The van der Waals surface area contributed by atoms with Gasteiger partial charge in [0.05, 0.1) is 14.2 Å². The van der Waals surface area contributed by atoms with Gasteiger partial charge in [0.25, 0.3) is 5.91 Å². The first-order valence-electron chi connectivity index (χ1n) is 10.0. The Balaban J connectivity index is 1.62. The van der Waals surface area contributed by atoms with Crippen LogP contribution in [0.2, 0.25) is 0 Å². The summed E-state index contributed by atoms with van der Waals surface area (Å²) in [6.07, 6.45) is 3.19. The minimum Gasteiger partial charge on any atom is -0.497 e. The predicted octanol–water partition coefficient (Wildman–Crippen LogP) is 4.93. The minimum absolute atomic E-state index is 0.125. The molecule has 6 heteroatoms. The zero-order chi connectivity index (χ0) is 22.9. The van der Waals surface area contributed by atoms with Crippen LogP contribution in [0.4, 0.5) is 5.69 Å². The van der Waals surface area contributed by atoms with Crippen molar-refractivity contribution in [3.63, 3.8) is 0 Å². The molecule has 0 radical (unpaired) electrons. The van der Waals surface area contributed by atoms with Gasteiger partial charge in [-0.05, 0) is 66.6 Å². The van der Waals surface area contributed by atoms with Crippen LogP contribution < -0.4 is 19.5 Å². The third-order valence-electron chi connectivity index (χ3n) is 4.77. The van der Waals surface area contributed by atoms with Crippen LogP contribution >= 0.6 is 0 Å². The molecule has 1 amide bonds. The molecule has 0 fully saturated rings. The molecular formula is C26H25NO5. The zero-order valence-corrected chi connectivity index (χ0v) is 18.3. The predicted molar refractivity (Wildman–Crippen MR) is 125 cm³/mol. The molecule has 0 aliphatic carbocycles. The Morgan fingerprint density at radius 2 is 1.66 bits per heavy atom. The van der Waals surface area contributed by atoms with Crippen molar-refractivity contribution in [3.05, 3.63) is 89.5 Å². The third kappa shape index (κ3) is 5.98. The fourth-order valence-corrected chi connectivity index (χ4v) is 2.97. The van der Waals surface area contributed by atoms with E-state index in [2.05, 4.69) is 5.32 Å². The number of methoxy groups -OCH3 is 2. The molecule has 3 aromatic carbocycles. The summed E-state index contributed by atoms with van der Waals surface area (Å²) in [6, 6.07) is 19.7. The van der Waals surface area contributed by atoms with Gasteiger partial charge in [0.1, 0.15) is 5.75 Å². The van der Waals surface area contributed by atoms with Crippen LogP contribution in [0.5, 0.6) is 17.2 Å². The largest absolute Gasteiger partial charge is 0.497 e. The molecule has 32 heavy (non-hydrogen) atoms. The number of allylic oxidation sites excluding steroid dienone is 1. The molecule has 3 aromatic rings. The number of rotatable bonds is 9. The summed E-state index contributed by atoms with van der Waals surface area (Å²) < 4.78 is 16.1. The molecule has 0 aliphatic rings. The minimum atomic E-state index is -0.268. The lowest BCUT2D eigenvalue weighted by Gasteiger charge is -2.12. The van der Waals surface area contributed by atoms with Crippen molar-refractivity contribution >= 4 is 23.5 Å². The van der Waals surface area contributed by atoms with E-state index in [0.717, 1.165) is 16.8 Å². The molecule has 3 rings (SSSR count). The quantitative estimate of drug-likeness (QED) is 0.384. The number of carbonyl (C=O) groups excluding carboxylic acids is 2. The molecule has 0 spiro atoms. The van der Waals surface area contributed by atoms with Crippen molar-refractivity contribution in [3.8, 4) is 17.2 Å². The average molecular weight is 431 g/mol. The number of para-hydroxylation sites is 1. The standard InChI is InChI=1S/C26H25NO5/c1-18-6-4-5-7-22(18)27-26(29)17-32-24-15-9-19(16-25(24)31-3)8-14-23(28)20-10-12-21(30-2)13-11-20/h4-16H,17H2,1-3H3,(H,27,29)/b14-8+. The van der Waals surface area contributed by atoms with Crippen molar-refractivity contribution in [1.82, 2.24) is 0 Å². The fraction of sp³-hybridized carbons (Fsp3) is 0.154. The van der Waals surface area contributed by atoms with Gasteiger partial charge >= 0.3 is 0 Å². The second-order valence-corrected chi connectivity index (χ2v) is 6.99. The molecule has 0 saturated heterocycles. The number of benzene rings is 3. The molecule has 0 unspecified atom stereocenters. The Morgan fingerprint density at radius 3 is 2.34 bits per heavy atom. The molecule has 0 heterocycles. The maximum atomic E-state index is 12.4. The Hall–Kier alpha value is -4.06. The highest BCUT2D eigenvalue weighted by Gasteiger charge is 2.10. The smallest absolute Gasteiger partial charge is 0.262 e. The molecule has 0 bridgehead atoms. The molecule has 0 aliphatic heterocycles. The highest BCUT2D eigenvalue weighted by atomic mass is 16.5. The van der Waals surface area contributed by atoms with Crippen LogP contribution in [0.15, 0.2) is 72.8 Å². The van der Waals surface area contributed by atoms with Crippen molar-refractivity contribution in [2.45, 2.75) is 6.92 Å². The van der Waals surface area contributed by atoms with Crippen molar-refractivity contribution < 1.29 is 23.8 Å². The van der Waals surface area contributed by atoms with Crippen LogP contribution in [-0.4, -0.2) is 32.5 Å². The Bertz CT molecular complexity index is 1120. The maximum absolute atomic E-state index is 12.4. The first-order chi connectivity index (χ1) is 15.5. The molecule has 0 saturated carbocycles. The van der Waals surface area contributed by atoms with Gasteiger partial charge in [0.2, 0.25) is 0 Å². The summed E-state index contributed by atoms with van der Waals surface area (Å²) in [5.41, 5.74) is 3.04. The zero-order valence-electron chi connectivity index (χ0n) is 18.3. The highest BCUT2D eigenvalue weighted by molar-refractivity contribution is 6.06. The molecule has 1 N–H and O–H groups in total. The first-order valence-corrected chi connectivity index (χ1v) is 10.0. The summed E-state index contributed by atoms with van der Waals surface area (Å²) in [5, 5.41) is 2.82. The van der Waals surface area contributed by atoms with E-state index in [0.29, 0.717) is 22.8 Å². The van der Waals surface area contributed by atoms with E-state index in [1.165, 1.54) is 13.2 Å². The summed E-state index contributed by atoms with van der Waals surface area (Å²) in [6.45, 7) is 1.76. The topological polar surface area (TPSA) is 73.9 Å². The van der Waals surface area contributed by atoms with E-state index in [-0.39, 0.29) is 18.3 Å². The van der Waals surface area contributed by atoms with E-state index >= 15 is 0 Å². The lowest BCUT2D eigenvalue weighted by Crippen LogP contribution is -2.20. The summed E-state index contributed by atoms with van der Waals surface area (Å²) >= 11 is 0. The third-order valence-corrected chi connectivity index (χ3v) is 4.77. The second kappa shape index (κ2) is 10.8. The number of aryl methyl sites for hydroxylation is 1. The van der Waals surface area contributed by atoms with E-state index in [4.69, 9.17) is 14.2 Å². The van der Waals surface area contributed by atoms with Crippen molar-refractivity contribution in [2.24, 2.45) is 0 Å². The van der Waals surface area contributed by atoms with Crippen LogP contribution in [0.1, 0.15) is 21.5 Å². The monoisotopic (exact) mass is 431 g/mol. The Labute approximate surface area is 187 Å². The Morgan fingerprint density at radius 1 is 0.906 bits per heavy atom.